The first kappa shape index (κ1) is 7.94. The van der Waals surface area contributed by atoms with Crippen LogP contribution in [0.5, 0.6) is 0 Å². The van der Waals surface area contributed by atoms with Crippen LogP contribution in [0.2, 0.25) is 0 Å². The third-order valence-electron chi connectivity index (χ3n) is 0.896. The summed E-state index contributed by atoms with van der Waals surface area (Å²) in [4.78, 5) is 0. The molecule has 0 spiro atoms. The lowest BCUT2D eigenvalue weighted by molar-refractivity contribution is -0.619. The van der Waals surface area contributed by atoms with E-state index in [-0.39, 0.29) is 4.60 Å². The van der Waals surface area contributed by atoms with E-state index in [1.165, 1.54) is 12.3 Å². The van der Waals surface area contributed by atoms with Gasteiger partial charge in [-0.25, -0.2) is 0 Å². The Bertz CT molecular complexity index is 243. The molecule has 0 saturated heterocycles. The molecule has 1 aromatic heterocycles. The van der Waals surface area contributed by atoms with Crippen LogP contribution in [0.25, 0.3) is 0 Å². The third-order valence-corrected chi connectivity index (χ3v) is 2.06. The van der Waals surface area contributed by atoms with Crippen molar-refractivity contribution in [2.75, 3.05) is 0 Å². The first-order valence-electron chi connectivity index (χ1n) is 2.35. The molecular formula is C5H2Br2FNO. The fourth-order valence-corrected chi connectivity index (χ4v) is 1.10. The zero-order chi connectivity index (χ0) is 7.72. The van der Waals surface area contributed by atoms with E-state index in [4.69, 9.17) is 0 Å². The van der Waals surface area contributed by atoms with Gasteiger partial charge in [0.15, 0.2) is 6.20 Å². The Kier molecular flexibility index (Phi) is 2.25. The lowest BCUT2D eigenvalue weighted by atomic mass is 10.5. The number of hydrogen-bond donors (Lipinski definition) is 0. The molecule has 5 heteroatoms. The quantitative estimate of drug-likeness (QED) is 0.402. The van der Waals surface area contributed by atoms with E-state index < -0.39 is 5.82 Å². The summed E-state index contributed by atoms with van der Waals surface area (Å²) in [7, 11) is 0. The van der Waals surface area contributed by atoms with Crippen molar-refractivity contribution in [1.82, 2.24) is 0 Å². The molecule has 0 aliphatic carbocycles. The van der Waals surface area contributed by atoms with Crippen LogP contribution in [-0.4, -0.2) is 0 Å². The molecule has 0 aliphatic heterocycles. The van der Waals surface area contributed by atoms with Crippen LogP contribution >= 0.6 is 31.9 Å². The van der Waals surface area contributed by atoms with Crippen molar-refractivity contribution in [2.45, 2.75) is 0 Å². The molecule has 0 saturated carbocycles. The second-order valence-corrected chi connectivity index (χ2v) is 3.29. The SMILES string of the molecule is [O-][n+]1cc(Br)cc(F)c1Br. The van der Waals surface area contributed by atoms with Crippen molar-refractivity contribution >= 4 is 31.9 Å². The predicted octanol–water partition coefficient (Wildman–Crippen LogP) is 1.98. The Balaban J connectivity index is 3.31. The van der Waals surface area contributed by atoms with Gasteiger partial charge < -0.3 is 5.21 Å². The lowest BCUT2D eigenvalue weighted by Gasteiger charge is -1.98. The smallest absolute Gasteiger partial charge is 0.295 e. The molecule has 1 aromatic rings. The lowest BCUT2D eigenvalue weighted by Crippen LogP contribution is -2.28. The number of pyridine rings is 1. The molecule has 0 fully saturated rings. The normalized spacial score (nSPS) is 9.90. The fourth-order valence-electron chi connectivity index (χ4n) is 0.492. The van der Waals surface area contributed by atoms with Crippen LogP contribution in [0.15, 0.2) is 21.3 Å². The summed E-state index contributed by atoms with van der Waals surface area (Å²) in [6, 6.07) is 1.21. The average molecular weight is 271 g/mol. The molecule has 0 unspecified atom stereocenters. The number of halogens is 3. The summed E-state index contributed by atoms with van der Waals surface area (Å²) in [5, 5.41) is 10.7. The van der Waals surface area contributed by atoms with Crippen molar-refractivity contribution in [2.24, 2.45) is 0 Å². The zero-order valence-corrected chi connectivity index (χ0v) is 7.82. The molecule has 1 heterocycles. The van der Waals surface area contributed by atoms with Gasteiger partial charge in [-0.1, -0.05) is 0 Å². The maximum atomic E-state index is 12.5. The molecule has 0 radical (unpaired) electrons. The fraction of sp³-hybridized carbons (Fsp3) is 0. The van der Waals surface area contributed by atoms with Gasteiger partial charge in [0, 0.05) is 22.0 Å². The van der Waals surface area contributed by atoms with Gasteiger partial charge in [-0.2, -0.15) is 9.12 Å². The maximum Gasteiger partial charge on any atom is 0.295 e. The predicted molar refractivity (Wildman–Crippen MR) is 40.8 cm³/mol. The highest BCUT2D eigenvalue weighted by Gasteiger charge is 2.09. The summed E-state index contributed by atoms with van der Waals surface area (Å²) in [5.74, 6) is -0.579. The van der Waals surface area contributed by atoms with E-state index >= 15 is 0 Å². The number of aromatic nitrogens is 1. The van der Waals surface area contributed by atoms with Crippen LogP contribution in [0.4, 0.5) is 4.39 Å². The van der Waals surface area contributed by atoms with E-state index in [0.717, 1.165) is 0 Å². The second kappa shape index (κ2) is 2.84. The first-order valence-corrected chi connectivity index (χ1v) is 3.93. The number of nitrogens with zero attached hydrogens (tertiary/aromatic N) is 1. The summed E-state index contributed by atoms with van der Waals surface area (Å²) in [5.41, 5.74) is 0. The molecular weight excluding hydrogens is 269 g/mol. The first-order chi connectivity index (χ1) is 4.61. The average Bonchev–Trinajstić information content (AvgIpc) is 1.82. The largest absolute Gasteiger partial charge is 0.618 e. The monoisotopic (exact) mass is 269 g/mol. The van der Waals surface area contributed by atoms with Gasteiger partial charge in [-0.3, -0.25) is 0 Å². The Morgan fingerprint density at radius 2 is 2.10 bits per heavy atom. The maximum absolute atomic E-state index is 12.5. The van der Waals surface area contributed by atoms with Crippen LogP contribution in [-0.2, 0) is 0 Å². The van der Waals surface area contributed by atoms with Crippen LogP contribution < -0.4 is 4.73 Å². The van der Waals surface area contributed by atoms with Gasteiger partial charge >= 0.3 is 0 Å². The summed E-state index contributed by atoms with van der Waals surface area (Å²) >= 11 is 5.73. The van der Waals surface area contributed by atoms with Crippen molar-refractivity contribution in [1.29, 1.82) is 0 Å². The molecule has 0 atom stereocenters. The van der Waals surface area contributed by atoms with E-state index in [9.17, 15) is 9.60 Å². The van der Waals surface area contributed by atoms with Crippen molar-refractivity contribution in [3.63, 3.8) is 0 Å². The zero-order valence-electron chi connectivity index (χ0n) is 4.64. The number of rotatable bonds is 0. The molecule has 0 amide bonds. The van der Waals surface area contributed by atoms with Crippen LogP contribution in [0, 0.1) is 11.0 Å². The summed E-state index contributed by atoms with van der Waals surface area (Å²) in [6.07, 6.45) is 1.22. The van der Waals surface area contributed by atoms with Crippen LogP contribution in [0.3, 0.4) is 0 Å². The Morgan fingerprint density at radius 1 is 1.50 bits per heavy atom. The van der Waals surface area contributed by atoms with Gasteiger partial charge in [-0.15, -0.1) is 0 Å². The molecule has 0 bridgehead atoms. The van der Waals surface area contributed by atoms with Crippen molar-refractivity contribution < 1.29 is 9.12 Å². The molecule has 1 rings (SSSR count). The Labute approximate surface area is 73.5 Å². The van der Waals surface area contributed by atoms with E-state index in [2.05, 4.69) is 31.9 Å². The standard InChI is InChI=1S/C5H2Br2FNO/c6-3-1-4(8)5(7)9(10)2-3/h1-2H. The molecule has 2 nitrogen and oxygen atoms in total. The third kappa shape index (κ3) is 1.46. The minimum Gasteiger partial charge on any atom is -0.618 e. The highest BCUT2D eigenvalue weighted by atomic mass is 79.9. The summed E-state index contributed by atoms with van der Waals surface area (Å²) < 4.78 is 13.3. The van der Waals surface area contributed by atoms with Crippen molar-refractivity contribution in [3.8, 4) is 0 Å². The molecule has 10 heavy (non-hydrogen) atoms. The van der Waals surface area contributed by atoms with Gasteiger partial charge in [0.05, 0.1) is 4.47 Å². The van der Waals surface area contributed by atoms with E-state index in [0.29, 0.717) is 9.20 Å². The topological polar surface area (TPSA) is 26.9 Å². The molecule has 54 valence electrons. The minimum absolute atomic E-state index is 0.101. The summed E-state index contributed by atoms with van der Waals surface area (Å²) in [6.45, 7) is 0. The van der Waals surface area contributed by atoms with E-state index in [1.54, 1.807) is 0 Å². The van der Waals surface area contributed by atoms with Gasteiger partial charge in [-0.05, 0) is 15.9 Å². The highest BCUT2D eigenvalue weighted by Crippen LogP contribution is 2.14. The number of hydrogen-bond acceptors (Lipinski definition) is 1. The Morgan fingerprint density at radius 3 is 2.60 bits per heavy atom. The molecule has 0 aliphatic rings. The van der Waals surface area contributed by atoms with E-state index in [1.807, 2.05) is 0 Å². The Hall–Kier alpha value is -0.160. The minimum atomic E-state index is -0.579. The van der Waals surface area contributed by atoms with Gasteiger partial charge in [0.25, 0.3) is 4.60 Å². The highest BCUT2D eigenvalue weighted by molar-refractivity contribution is 9.10. The van der Waals surface area contributed by atoms with Gasteiger partial charge in [0.1, 0.15) is 0 Å². The van der Waals surface area contributed by atoms with Gasteiger partial charge in [0.2, 0.25) is 5.82 Å². The molecule has 0 N–H and O–H groups in total. The second-order valence-electron chi connectivity index (χ2n) is 1.62. The van der Waals surface area contributed by atoms with Crippen LogP contribution in [0.1, 0.15) is 0 Å². The van der Waals surface area contributed by atoms with Crippen molar-refractivity contribution in [3.05, 3.63) is 32.4 Å². The molecule has 0 aromatic carbocycles.